The summed E-state index contributed by atoms with van der Waals surface area (Å²) in [4.78, 5) is 12.4. The molecule has 1 aromatic carbocycles. The fraction of sp³-hybridized carbons (Fsp3) is 0.417. The van der Waals surface area contributed by atoms with Crippen molar-refractivity contribution in [3.8, 4) is 5.75 Å². The highest BCUT2D eigenvalue weighted by molar-refractivity contribution is 6.40. The molecule has 1 N–H and O–H groups in total. The van der Waals surface area contributed by atoms with Crippen molar-refractivity contribution in [1.29, 1.82) is 0 Å². The van der Waals surface area contributed by atoms with E-state index in [9.17, 15) is 4.79 Å². The van der Waals surface area contributed by atoms with Crippen molar-refractivity contribution in [2.45, 2.75) is 18.9 Å². The molecular weight excluding hydrogens is 312 g/mol. The number of hydrogen-bond acceptors (Lipinski definition) is 2. The van der Waals surface area contributed by atoms with Crippen LogP contribution >= 0.6 is 34.8 Å². The van der Waals surface area contributed by atoms with Crippen LogP contribution in [0.25, 0.3) is 0 Å². The van der Waals surface area contributed by atoms with Gasteiger partial charge in [0.1, 0.15) is 6.61 Å². The fourth-order valence-corrected chi connectivity index (χ4v) is 3.03. The van der Waals surface area contributed by atoms with E-state index in [1.54, 1.807) is 0 Å². The van der Waals surface area contributed by atoms with Crippen LogP contribution in [0.4, 0.5) is 4.79 Å². The van der Waals surface area contributed by atoms with E-state index in [0.717, 1.165) is 12.8 Å². The van der Waals surface area contributed by atoms with Crippen LogP contribution in [0, 0.1) is 0 Å². The zero-order valence-electron chi connectivity index (χ0n) is 9.91. The van der Waals surface area contributed by atoms with Crippen LogP contribution in [0.5, 0.6) is 5.75 Å². The second kappa shape index (κ2) is 6.07. The Morgan fingerprint density at radius 3 is 2.58 bits per heavy atom. The number of halogens is 3. The molecule has 1 aliphatic heterocycles. The Labute approximate surface area is 125 Å². The molecule has 0 aliphatic carbocycles. The van der Waals surface area contributed by atoms with Crippen LogP contribution in [0.1, 0.15) is 12.8 Å². The molecule has 0 unspecified atom stereocenters. The molecule has 0 saturated carbocycles. The minimum atomic E-state index is -0.931. The summed E-state index contributed by atoms with van der Waals surface area (Å²) < 4.78 is 5.56. The zero-order chi connectivity index (χ0) is 14.0. The van der Waals surface area contributed by atoms with Crippen molar-refractivity contribution in [1.82, 2.24) is 4.90 Å². The summed E-state index contributed by atoms with van der Waals surface area (Å²) in [6, 6.07) is 2.90. The van der Waals surface area contributed by atoms with Gasteiger partial charge in [0.15, 0.2) is 5.75 Å². The number of ether oxygens (including phenoxy) is 1. The van der Waals surface area contributed by atoms with Gasteiger partial charge < -0.3 is 14.7 Å². The van der Waals surface area contributed by atoms with Gasteiger partial charge in [-0.15, -0.1) is 0 Å². The Morgan fingerprint density at radius 1 is 1.37 bits per heavy atom. The topological polar surface area (TPSA) is 49.8 Å². The van der Waals surface area contributed by atoms with Crippen LogP contribution in [0.15, 0.2) is 12.1 Å². The van der Waals surface area contributed by atoms with Crippen LogP contribution in [0.3, 0.4) is 0 Å². The Hall–Kier alpha value is -0.840. The van der Waals surface area contributed by atoms with Gasteiger partial charge in [-0.05, 0) is 25.0 Å². The molecule has 0 bridgehead atoms. The van der Waals surface area contributed by atoms with Crippen LogP contribution in [-0.4, -0.2) is 35.3 Å². The van der Waals surface area contributed by atoms with Gasteiger partial charge in [0, 0.05) is 11.6 Å². The molecule has 1 amide bonds. The van der Waals surface area contributed by atoms with Gasteiger partial charge in [0.25, 0.3) is 0 Å². The molecule has 7 heteroatoms. The molecular formula is C12H12Cl3NO3. The van der Waals surface area contributed by atoms with Gasteiger partial charge in [-0.1, -0.05) is 34.8 Å². The number of rotatable bonds is 3. The fourth-order valence-electron chi connectivity index (χ4n) is 2.11. The third-order valence-electron chi connectivity index (χ3n) is 3.01. The molecule has 1 heterocycles. The largest absolute Gasteiger partial charge is 0.488 e. The number of hydrogen-bond donors (Lipinski definition) is 1. The van der Waals surface area contributed by atoms with E-state index in [1.165, 1.54) is 17.0 Å². The van der Waals surface area contributed by atoms with Crippen molar-refractivity contribution in [2.24, 2.45) is 0 Å². The first-order valence-corrected chi connectivity index (χ1v) is 6.89. The lowest BCUT2D eigenvalue weighted by Crippen LogP contribution is -2.38. The summed E-state index contributed by atoms with van der Waals surface area (Å²) in [6.45, 7) is 0.763. The summed E-state index contributed by atoms with van der Waals surface area (Å²) in [5.41, 5.74) is 0. The number of amides is 1. The van der Waals surface area contributed by atoms with Crippen LogP contribution < -0.4 is 4.74 Å². The summed E-state index contributed by atoms with van der Waals surface area (Å²) in [5, 5.41) is 10.1. The van der Waals surface area contributed by atoms with E-state index in [1.807, 2.05) is 0 Å². The molecule has 1 aromatic rings. The minimum Gasteiger partial charge on any atom is -0.488 e. The van der Waals surface area contributed by atoms with Gasteiger partial charge in [0.05, 0.1) is 16.1 Å². The van der Waals surface area contributed by atoms with Crippen molar-refractivity contribution in [3.63, 3.8) is 0 Å². The molecule has 0 radical (unpaired) electrons. The molecule has 104 valence electrons. The lowest BCUT2D eigenvalue weighted by Gasteiger charge is -2.22. The molecule has 2 rings (SSSR count). The average Bonchev–Trinajstić information content (AvgIpc) is 2.75. The molecule has 0 aromatic heterocycles. The Balaban J connectivity index is 2.05. The predicted octanol–water partition coefficient (Wildman–Crippen LogP) is 4.17. The summed E-state index contributed by atoms with van der Waals surface area (Å²) >= 11 is 17.8. The van der Waals surface area contributed by atoms with Crippen molar-refractivity contribution < 1.29 is 14.6 Å². The number of carbonyl (C=O) groups is 1. The molecule has 0 spiro atoms. The molecule has 1 aliphatic rings. The maximum Gasteiger partial charge on any atom is 0.407 e. The highest BCUT2D eigenvalue weighted by atomic mass is 35.5. The predicted molar refractivity (Wildman–Crippen MR) is 74.7 cm³/mol. The third-order valence-corrected chi connectivity index (χ3v) is 3.79. The van der Waals surface area contributed by atoms with Crippen LogP contribution in [0.2, 0.25) is 15.1 Å². The lowest BCUT2D eigenvalue weighted by atomic mass is 10.2. The average molecular weight is 325 g/mol. The van der Waals surface area contributed by atoms with Gasteiger partial charge in [0.2, 0.25) is 0 Å². The molecule has 4 nitrogen and oxygen atoms in total. The van der Waals surface area contributed by atoms with Crippen molar-refractivity contribution in [3.05, 3.63) is 27.2 Å². The highest BCUT2D eigenvalue weighted by Gasteiger charge is 2.29. The number of nitrogens with zero attached hydrogens (tertiary/aromatic N) is 1. The maximum atomic E-state index is 11.0. The molecule has 1 fully saturated rings. The smallest absolute Gasteiger partial charge is 0.407 e. The normalized spacial score (nSPS) is 18.7. The second-order valence-corrected chi connectivity index (χ2v) is 5.53. The third kappa shape index (κ3) is 3.38. The molecule has 19 heavy (non-hydrogen) atoms. The summed E-state index contributed by atoms with van der Waals surface area (Å²) in [6.07, 6.45) is 0.678. The van der Waals surface area contributed by atoms with Crippen LogP contribution in [-0.2, 0) is 0 Å². The lowest BCUT2D eigenvalue weighted by molar-refractivity contribution is 0.123. The zero-order valence-corrected chi connectivity index (χ0v) is 12.2. The molecule has 1 atom stereocenters. The first-order valence-electron chi connectivity index (χ1n) is 5.76. The van der Waals surface area contributed by atoms with Gasteiger partial charge in [-0.3, -0.25) is 0 Å². The van der Waals surface area contributed by atoms with Crippen molar-refractivity contribution >= 4 is 40.9 Å². The summed E-state index contributed by atoms with van der Waals surface area (Å²) in [7, 11) is 0. The van der Waals surface area contributed by atoms with Gasteiger partial charge >= 0.3 is 6.09 Å². The van der Waals surface area contributed by atoms with Gasteiger partial charge in [-0.2, -0.15) is 0 Å². The van der Waals surface area contributed by atoms with E-state index >= 15 is 0 Å². The van der Waals surface area contributed by atoms with E-state index in [2.05, 4.69) is 0 Å². The first-order chi connectivity index (χ1) is 8.99. The van der Waals surface area contributed by atoms with E-state index in [4.69, 9.17) is 44.6 Å². The maximum absolute atomic E-state index is 11.0. The van der Waals surface area contributed by atoms with E-state index < -0.39 is 6.09 Å². The standard InChI is InChI=1S/C12H12Cl3NO3/c13-7-4-9(14)11(10(15)5-7)19-6-8-2-1-3-16(8)12(17)18/h4-5,8H,1-3,6H2,(H,17,18)/t8-/m0/s1. The summed E-state index contributed by atoms with van der Waals surface area (Å²) in [5.74, 6) is 0.338. The highest BCUT2D eigenvalue weighted by Crippen LogP contribution is 2.36. The first kappa shape index (κ1) is 14.6. The molecule has 1 saturated heterocycles. The second-order valence-electron chi connectivity index (χ2n) is 4.28. The Morgan fingerprint density at radius 2 is 2.00 bits per heavy atom. The number of likely N-dealkylation sites (tertiary alicyclic amines) is 1. The van der Waals surface area contributed by atoms with E-state index in [0.29, 0.717) is 27.4 Å². The monoisotopic (exact) mass is 323 g/mol. The number of carboxylic acid groups (broad SMARTS) is 1. The van der Waals surface area contributed by atoms with E-state index in [-0.39, 0.29) is 12.6 Å². The Bertz CT molecular complexity index is 472. The van der Waals surface area contributed by atoms with Gasteiger partial charge in [-0.25, -0.2) is 4.79 Å². The SMILES string of the molecule is O=C(O)N1CCC[C@H]1COc1c(Cl)cc(Cl)cc1Cl. The Kier molecular flexibility index (Phi) is 4.66. The quantitative estimate of drug-likeness (QED) is 0.908. The number of benzene rings is 1. The van der Waals surface area contributed by atoms with Crippen molar-refractivity contribution in [2.75, 3.05) is 13.2 Å². The minimum absolute atomic E-state index is 0.166.